The fourth-order valence-electron chi connectivity index (χ4n) is 1.68. The molecule has 0 spiro atoms. The lowest BCUT2D eigenvalue weighted by molar-refractivity contribution is -0.145. The van der Waals surface area contributed by atoms with Crippen molar-refractivity contribution in [3.05, 3.63) is 0 Å². The maximum atomic E-state index is 11.2. The molecule has 0 aliphatic carbocycles. The summed E-state index contributed by atoms with van der Waals surface area (Å²) in [7, 11) is 3.10. The summed E-state index contributed by atoms with van der Waals surface area (Å²) in [6, 6.07) is 0.582. The summed E-state index contributed by atoms with van der Waals surface area (Å²) in [6.07, 6.45) is 0.778. The van der Waals surface area contributed by atoms with Gasteiger partial charge in [-0.3, -0.25) is 4.79 Å². The molecule has 0 aliphatic rings. The summed E-state index contributed by atoms with van der Waals surface area (Å²) in [5.74, 6) is -0.213. The van der Waals surface area contributed by atoms with Gasteiger partial charge in [-0.2, -0.15) is 0 Å². The van der Waals surface area contributed by atoms with Gasteiger partial charge in [0.15, 0.2) is 0 Å². The molecule has 0 saturated carbocycles. The van der Waals surface area contributed by atoms with Crippen LogP contribution in [0.2, 0.25) is 0 Å². The second kappa shape index (κ2) is 7.65. The third-order valence-corrected chi connectivity index (χ3v) is 2.30. The molecule has 15 heavy (non-hydrogen) atoms. The standard InChI is InChI=1S/C11H23NO3/c1-8(11(13)15-5)6-9(2)12-10(3)7-14-4/h8-10,12H,6-7H2,1-5H3. The van der Waals surface area contributed by atoms with Crippen LogP contribution in [0.4, 0.5) is 0 Å². The minimum absolute atomic E-state index is 0.0627. The molecular formula is C11H23NO3. The molecule has 0 aliphatic heterocycles. The lowest BCUT2D eigenvalue weighted by Crippen LogP contribution is -2.39. The Morgan fingerprint density at radius 1 is 1.20 bits per heavy atom. The molecule has 0 bridgehead atoms. The monoisotopic (exact) mass is 217 g/mol. The number of nitrogens with one attached hydrogen (secondary N) is 1. The van der Waals surface area contributed by atoms with Crippen molar-refractivity contribution in [3.63, 3.8) is 0 Å². The van der Waals surface area contributed by atoms with Crippen molar-refractivity contribution >= 4 is 5.97 Å². The van der Waals surface area contributed by atoms with Crippen LogP contribution in [-0.4, -0.2) is 38.9 Å². The minimum atomic E-state index is -0.150. The van der Waals surface area contributed by atoms with E-state index in [-0.39, 0.29) is 17.9 Å². The Morgan fingerprint density at radius 3 is 2.27 bits per heavy atom. The van der Waals surface area contributed by atoms with Gasteiger partial charge in [-0.05, 0) is 20.3 Å². The third-order valence-electron chi connectivity index (χ3n) is 2.30. The first-order valence-corrected chi connectivity index (χ1v) is 5.34. The molecule has 0 saturated heterocycles. The molecular weight excluding hydrogens is 194 g/mol. The fraction of sp³-hybridized carbons (Fsp3) is 0.909. The minimum Gasteiger partial charge on any atom is -0.469 e. The fourth-order valence-corrected chi connectivity index (χ4v) is 1.68. The highest BCUT2D eigenvalue weighted by Gasteiger charge is 2.17. The first kappa shape index (κ1) is 14.4. The van der Waals surface area contributed by atoms with Gasteiger partial charge >= 0.3 is 5.97 Å². The van der Waals surface area contributed by atoms with Crippen molar-refractivity contribution in [1.82, 2.24) is 5.32 Å². The number of hydrogen-bond donors (Lipinski definition) is 1. The van der Waals surface area contributed by atoms with Crippen molar-refractivity contribution in [3.8, 4) is 0 Å². The molecule has 3 unspecified atom stereocenters. The highest BCUT2D eigenvalue weighted by atomic mass is 16.5. The Bertz CT molecular complexity index is 185. The van der Waals surface area contributed by atoms with Crippen LogP contribution in [0.15, 0.2) is 0 Å². The molecule has 0 aromatic heterocycles. The summed E-state index contributed by atoms with van der Waals surface area (Å²) in [5.41, 5.74) is 0. The average Bonchev–Trinajstić information content (AvgIpc) is 2.16. The first-order valence-electron chi connectivity index (χ1n) is 5.34. The van der Waals surface area contributed by atoms with Gasteiger partial charge in [-0.15, -0.1) is 0 Å². The average molecular weight is 217 g/mol. The maximum absolute atomic E-state index is 11.2. The van der Waals surface area contributed by atoms with E-state index in [1.54, 1.807) is 7.11 Å². The van der Waals surface area contributed by atoms with Crippen LogP contribution in [0, 0.1) is 5.92 Å². The van der Waals surface area contributed by atoms with Gasteiger partial charge < -0.3 is 14.8 Å². The van der Waals surface area contributed by atoms with Gasteiger partial charge in [0, 0.05) is 19.2 Å². The summed E-state index contributed by atoms with van der Waals surface area (Å²) in [5, 5.41) is 3.36. The van der Waals surface area contributed by atoms with E-state index in [2.05, 4.69) is 23.9 Å². The Hall–Kier alpha value is -0.610. The Kier molecular flexibility index (Phi) is 7.34. The lowest BCUT2D eigenvalue weighted by Gasteiger charge is -2.21. The van der Waals surface area contributed by atoms with E-state index in [9.17, 15) is 4.79 Å². The molecule has 1 N–H and O–H groups in total. The molecule has 90 valence electrons. The topological polar surface area (TPSA) is 47.6 Å². The largest absolute Gasteiger partial charge is 0.469 e. The zero-order valence-corrected chi connectivity index (χ0v) is 10.4. The van der Waals surface area contributed by atoms with Crippen LogP contribution in [0.5, 0.6) is 0 Å². The Labute approximate surface area is 92.3 Å². The number of carbonyl (C=O) groups is 1. The number of ether oxygens (including phenoxy) is 2. The van der Waals surface area contributed by atoms with Crippen molar-refractivity contribution in [2.45, 2.75) is 39.3 Å². The van der Waals surface area contributed by atoms with Crippen molar-refractivity contribution < 1.29 is 14.3 Å². The molecule has 0 radical (unpaired) electrons. The van der Waals surface area contributed by atoms with Crippen molar-refractivity contribution in [2.24, 2.45) is 5.92 Å². The SMILES string of the molecule is COCC(C)NC(C)CC(C)C(=O)OC. The summed E-state index contributed by atoms with van der Waals surface area (Å²) in [6.45, 7) is 6.68. The molecule has 0 aromatic rings. The van der Waals surface area contributed by atoms with Crippen LogP contribution in [0.3, 0.4) is 0 Å². The van der Waals surface area contributed by atoms with Crippen LogP contribution in [-0.2, 0) is 14.3 Å². The molecule has 4 heteroatoms. The number of methoxy groups -OCH3 is 2. The van der Waals surface area contributed by atoms with Gasteiger partial charge in [0.25, 0.3) is 0 Å². The molecule has 0 aromatic carbocycles. The Morgan fingerprint density at radius 2 is 1.80 bits per heavy atom. The zero-order chi connectivity index (χ0) is 11.8. The second-order valence-corrected chi connectivity index (χ2v) is 4.08. The predicted molar refractivity (Wildman–Crippen MR) is 59.7 cm³/mol. The molecule has 0 heterocycles. The molecule has 0 rings (SSSR count). The molecule has 3 atom stereocenters. The lowest BCUT2D eigenvalue weighted by atomic mass is 10.0. The predicted octanol–water partition coefficient (Wildman–Crippen LogP) is 1.20. The van der Waals surface area contributed by atoms with Crippen molar-refractivity contribution in [1.29, 1.82) is 0 Å². The van der Waals surface area contributed by atoms with Gasteiger partial charge in [0.2, 0.25) is 0 Å². The van der Waals surface area contributed by atoms with E-state index >= 15 is 0 Å². The third kappa shape index (κ3) is 6.47. The van der Waals surface area contributed by atoms with E-state index in [0.717, 1.165) is 6.42 Å². The van der Waals surface area contributed by atoms with E-state index in [4.69, 9.17) is 4.74 Å². The van der Waals surface area contributed by atoms with Crippen LogP contribution in [0.25, 0.3) is 0 Å². The van der Waals surface area contributed by atoms with Gasteiger partial charge in [-0.1, -0.05) is 6.92 Å². The second-order valence-electron chi connectivity index (χ2n) is 4.08. The highest BCUT2D eigenvalue weighted by molar-refractivity contribution is 5.71. The Balaban J connectivity index is 3.81. The van der Waals surface area contributed by atoms with E-state index < -0.39 is 0 Å². The first-order chi connectivity index (χ1) is 7.01. The molecule has 0 fully saturated rings. The van der Waals surface area contributed by atoms with E-state index in [1.165, 1.54) is 7.11 Å². The van der Waals surface area contributed by atoms with Gasteiger partial charge in [-0.25, -0.2) is 0 Å². The van der Waals surface area contributed by atoms with Crippen molar-refractivity contribution in [2.75, 3.05) is 20.8 Å². The van der Waals surface area contributed by atoms with Gasteiger partial charge in [0.1, 0.15) is 0 Å². The van der Waals surface area contributed by atoms with Gasteiger partial charge in [0.05, 0.1) is 19.6 Å². The summed E-state index contributed by atoms with van der Waals surface area (Å²) >= 11 is 0. The summed E-state index contributed by atoms with van der Waals surface area (Å²) < 4.78 is 9.70. The number of esters is 1. The smallest absolute Gasteiger partial charge is 0.308 e. The maximum Gasteiger partial charge on any atom is 0.308 e. The number of rotatable bonds is 7. The highest BCUT2D eigenvalue weighted by Crippen LogP contribution is 2.08. The zero-order valence-electron chi connectivity index (χ0n) is 10.4. The van der Waals surface area contributed by atoms with Crippen LogP contribution < -0.4 is 5.32 Å². The van der Waals surface area contributed by atoms with E-state index in [0.29, 0.717) is 12.6 Å². The normalized spacial score (nSPS) is 16.9. The summed E-state index contributed by atoms with van der Waals surface area (Å²) in [4.78, 5) is 11.2. The quantitative estimate of drug-likeness (QED) is 0.651. The van der Waals surface area contributed by atoms with Crippen LogP contribution >= 0.6 is 0 Å². The van der Waals surface area contributed by atoms with E-state index in [1.807, 2.05) is 6.92 Å². The molecule has 0 amide bonds. The number of carbonyl (C=O) groups excluding carboxylic acids is 1. The molecule has 4 nitrogen and oxygen atoms in total. The van der Waals surface area contributed by atoms with Crippen LogP contribution in [0.1, 0.15) is 27.2 Å². The number of hydrogen-bond acceptors (Lipinski definition) is 4.